The average Bonchev–Trinajstić information content (AvgIpc) is 3.31. The molecule has 27 heavy (non-hydrogen) atoms. The number of rotatable bonds is 4. The zero-order valence-electron chi connectivity index (χ0n) is 15.5. The predicted molar refractivity (Wildman–Crippen MR) is 105 cm³/mol. The molecular weight excluding hydrogens is 340 g/mol. The second-order valence-corrected chi connectivity index (χ2v) is 6.32. The van der Waals surface area contributed by atoms with Gasteiger partial charge in [-0.05, 0) is 44.2 Å². The van der Waals surface area contributed by atoms with Gasteiger partial charge < -0.3 is 9.32 Å². The first kappa shape index (κ1) is 17.0. The van der Waals surface area contributed by atoms with Crippen LogP contribution in [0.1, 0.15) is 23.0 Å². The van der Waals surface area contributed by atoms with Crippen molar-refractivity contribution in [3.63, 3.8) is 0 Å². The number of hydrogen-bond donors (Lipinski definition) is 0. The zero-order valence-corrected chi connectivity index (χ0v) is 15.5. The Morgan fingerprint density at radius 3 is 2.63 bits per heavy atom. The quantitative estimate of drug-likeness (QED) is 0.547. The maximum Gasteiger partial charge on any atom is 0.259 e. The van der Waals surface area contributed by atoms with Gasteiger partial charge in [0.05, 0.1) is 22.9 Å². The van der Waals surface area contributed by atoms with Crippen molar-refractivity contribution in [1.82, 2.24) is 14.8 Å². The van der Waals surface area contributed by atoms with Crippen LogP contribution in [0.4, 0.5) is 5.69 Å². The summed E-state index contributed by atoms with van der Waals surface area (Å²) in [5, 5.41) is 5.24. The monoisotopic (exact) mass is 360 g/mol. The van der Waals surface area contributed by atoms with Crippen LogP contribution in [0.25, 0.3) is 22.5 Å². The van der Waals surface area contributed by atoms with E-state index in [0.717, 1.165) is 16.8 Å². The van der Waals surface area contributed by atoms with Crippen LogP contribution in [-0.2, 0) is 7.05 Å². The number of amides is 1. The van der Waals surface area contributed by atoms with E-state index in [-0.39, 0.29) is 5.91 Å². The summed E-state index contributed by atoms with van der Waals surface area (Å²) in [6.07, 6.45) is 1.60. The van der Waals surface area contributed by atoms with Crippen molar-refractivity contribution in [2.45, 2.75) is 13.8 Å². The van der Waals surface area contributed by atoms with Crippen LogP contribution in [0.15, 0.2) is 59.2 Å². The van der Waals surface area contributed by atoms with E-state index in [0.29, 0.717) is 29.2 Å². The van der Waals surface area contributed by atoms with E-state index in [9.17, 15) is 4.79 Å². The minimum atomic E-state index is -0.0833. The Morgan fingerprint density at radius 2 is 1.96 bits per heavy atom. The molecule has 0 aliphatic rings. The Kier molecular flexibility index (Phi) is 4.24. The molecule has 6 heteroatoms. The van der Waals surface area contributed by atoms with E-state index in [2.05, 4.69) is 10.1 Å². The van der Waals surface area contributed by atoms with Gasteiger partial charge in [0.15, 0.2) is 11.4 Å². The molecular formula is C21H20N4O2. The summed E-state index contributed by atoms with van der Waals surface area (Å²) in [5.41, 5.74) is 3.48. The fourth-order valence-electron chi connectivity index (χ4n) is 3.36. The molecule has 0 bridgehead atoms. The summed E-state index contributed by atoms with van der Waals surface area (Å²) in [6.45, 7) is 4.42. The maximum atomic E-state index is 13.5. The van der Waals surface area contributed by atoms with Gasteiger partial charge in [-0.3, -0.25) is 9.48 Å². The summed E-state index contributed by atoms with van der Waals surface area (Å²) >= 11 is 0. The Labute approximate surface area is 157 Å². The summed E-state index contributed by atoms with van der Waals surface area (Å²) in [4.78, 5) is 19.9. The van der Waals surface area contributed by atoms with Crippen molar-refractivity contribution in [3.8, 4) is 11.5 Å². The lowest BCUT2D eigenvalue weighted by atomic mass is 10.1. The number of pyridine rings is 1. The average molecular weight is 360 g/mol. The molecule has 6 nitrogen and oxygen atoms in total. The first-order valence-corrected chi connectivity index (χ1v) is 8.85. The second kappa shape index (κ2) is 6.72. The summed E-state index contributed by atoms with van der Waals surface area (Å²) in [6, 6.07) is 15.1. The van der Waals surface area contributed by atoms with Gasteiger partial charge in [-0.1, -0.05) is 18.2 Å². The normalized spacial score (nSPS) is 11.1. The van der Waals surface area contributed by atoms with Crippen LogP contribution in [0.2, 0.25) is 0 Å². The van der Waals surface area contributed by atoms with Gasteiger partial charge in [0.2, 0.25) is 0 Å². The van der Waals surface area contributed by atoms with Crippen LogP contribution in [0.3, 0.4) is 0 Å². The minimum Gasteiger partial charge on any atom is -0.463 e. The molecule has 1 amide bonds. The van der Waals surface area contributed by atoms with Gasteiger partial charge in [-0.2, -0.15) is 5.10 Å². The molecule has 3 heterocycles. The lowest BCUT2D eigenvalue weighted by Gasteiger charge is -2.21. The first-order chi connectivity index (χ1) is 13.1. The van der Waals surface area contributed by atoms with Crippen LogP contribution in [-0.4, -0.2) is 27.2 Å². The number of carbonyl (C=O) groups is 1. The molecule has 4 rings (SSSR count). The third-order valence-electron chi connectivity index (χ3n) is 4.60. The Morgan fingerprint density at radius 1 is 1.19 bits per heavy atom. The predicted octanol–water partition coefficient (Wildman–Crippen LogP) is 4.20. The number of fused-ring (bicyclic) bond motifs is 1. The van der Waals surface area contributed by atoms with Crippen molar-refractivity contribution < 1.29 is 9.21 Å². The van der Waals surface area contributed by atoms with Crippen molar-refractivity contribution in [2.24, 2.45) is 7.05 Å². The number of furan rings is 1. The zero-order chi connectivity index (χ0) is 19.0. The molecule has 0 N–H and O–H groups in total. The molecule has 136 valence electrons. The molecule has 0 saturated carbocycles. The number of para-hydroxylation sites is 1. The van der Waals surface area contributed by atoms with E-state index in [1.54, 1.807) is 28.0 Å². The highest BCUT2D eigenvalue weighted by molar-refractivity contribution is 6.14. The summed E-state index contributed by atoms with van der Waals surface area (Å²) < 4.78 is 7.21. The molecule has 0 saturated heterocycles. The Bertz CT molecular complexity index is 1100. The van der Waals surface area contributed by atoms with Crippen molar-refractivity contribution >= 4 is 22.6 Å². The Hall–Kier alpha value is -3.41. The molecule has 0 spiro atoms. The van der Waals surface area contributed by atoms with E-state index >= 15 is 0 Å². The topological polar surface area (TPSA) is 64.2 Å². The summed E-state index contributed by atoms with van der Waals surface area (Å²) in [7, 11) is 1.83. The minimum absolute atomic E-state index is 0.0833. The third kappa shape index (κ3) is 2.89. The highest BCUT2D eigenvalue weighted by atomic mass is 16.3. The van der Waals surface area contributed by atoms with Gasteiger partial charge in [0, 0.05) is 19.3 Å². The van der Waals surface area contributed by atoms with Crippen molar-refractivity contribution in [2.75, 3.05) is 11.4 Å². The Balaban J connectivity index is 1.93. The summed E-state index contributed by atoms with van der Waals surface area (Å²) in [5.74, 6) is 0.535. The highest BCUT2D eigenvalue weighted by Crippen LogP contribution is 2.29. The number of benzene rings is 1. The molecule has 0 fully saturated rings. The number of nitrogens with zero attached hydrogens (tertiary/aromatic N) is 4. The molecule has 0 aliphatic heterocycles. The fourth-order valence-corrected chi connectivity index (χ4v) is 3.36. The van der Waals surface area contributed by atoms with Gasteiger partial charge in [0.1, 0.15) is 5.69 Å². The van der Waals surface area contributed by atoms with E-state index in [4.69, 9.17) is 4.42 Å². The van der Waals surface area contributed by atoms with E-state index in [1.165, 1.54) is 0 Å². The molecule has 3 aromatic heterocycles. The SMILES string of the molecule is CCN(C(=O)c1cc(-c2ccco2)nc2c1c(C)nn2C)c1ccccc1. The fraction of sp³-hybridized carbons (Fsp3) is 0.190. The molecule has 0 aliphatic carbocycles. The number of aryl methyl sites for hydroxylation is 2. The first-order valence-electron chi connectivity index (χ1n) is 8.85. The van der Waals surface area contributed by atoms with E-state index < -0.39 is 0 Å². The molecule has 0 atom stereocenters. The number of aromatic nitrogens is 3. The van der Waals surface area contributed by atoms with Gasteiger partial charge in [-0.25, -0.2) is 4.98 Å². The lowest BCUT2D eigenvalue weighted by molar-refractivity contribution is 0.0990. The van der Waals surface area contributed by atoms with Crippen molar-refractivity contribution in [1.29, 1.82) is 0 Å². The second-order valence-electron chi connectivity index (χ2n) is 6.32. The van der Waals surface area contributed by atoms with Crippen LogP contribution in [0.5, 0.6) is 0 Å². The lowest BCUT2D eigenvalue weighted by Crippen LogP contribution is -2.30. The van der Waals surface area contributed by atoms with Crippen LogP contribution < -0.4 is 4.90 Å². The number of anilines is 1. The van der Waals surface area contributed by atoms with E-state index in [1.807, 2.05) is 57.3 Å². The smallest absolute Gasteiger partial charge is 0.259 e. The molecule has 0 radical (unpaired) electrons. The largest absolute Gasteiger partial charge is 0.463 e. The van der Waals surface area contributed by atoms with Crippen LogP contribution in [0, 0.1) is 6.92 Å². The standard InChI is InChI=1S/C21H20N4O2/c1-4-25(15-9-6-5-7-10-15)21(26)16-13-17(18-11-8-12-27-18)22-20-19(16)14(2)23-24(20)3/h5-13H,4H2,1-3H3. The van der Waals surface area contributed by atoms with Gasteiger partial charge in [-0.15, -0.1) is 0 Å². The third-order valence-corrected chi connectivity index (χ3v) is 4.60. The molecule has 0 unspecified atom stereocenters. The van der Waals surface area contributed by atoms with Gasteiger partial charge in [0.25, 0.3) is 5.91 Å². The highest BCUT2D eigenvalue weighted by Gasteiger charge is 2.24. The number of carbonyl (C=O) groups excluding carboxylic acids is 1. The van der Waals surface area contributed by atoms with Crippen LogP contribution >= 0.6 is 0 Å². The maximum absolute atomic E-state index is 13.5. The molecule has 1 aromatic carbocycles. The van der Waals surface area contributed by atoms with Gasteiger partial charge >= 0.3 is 0 Å². The molecule has 4 aromatic rings. The van der Waals surface area contributed by atoms with Crippen molar-refractivity contribution in [3.05, 3.63) is 66.1 Å². The number of hydrogen-bond acceptors (Lipinski definition) is 4.